The Morgan fingerprint density at radius 3 is 2.49 bits per heavy atom. The van der Waals surface area contributed by atoms with Crippen LogP contribution in [0.5, 0.6) is 0 Å². The first-order valence-electron chi connectivity index (χ1n) is 10.9. The Hall–Kier alpha value is -4.03. The molecule has 2 heterocycles. The Morgan fingerprint density at radius 1 is 1.00 bits per heavy atom. The zero-order valence-electron chi connectivity index (χ0n) is 19.1. The highest BCUT2D eigenvalue weighted by molar-refractivity contribution is 7.90. The van der Waals surface area contributed by atoms with E-state index < -0.39 is 67.1 Å². The van der Waals surface area contributed by atoms with E-state index >= 15 is 8.78 Å². The molecule has 0 aliphatic heterocycles. The molecule has 0 aliphatic rings. The van der Waals surface area contributed by atoms with Gasteiger partial charge in [-0.3, -0.25) is 5.10 Å². The molecule has 5 rings (SSSR count). The van der Waals surface area contributed by atoms with Crippen LogP contribution in [0.25, 0.3) is 33.5 Å². The molecule has 0 amide bonds. The van der Waals surface area contributed by atoms with Gasteiger partial charge in [-0.05, 0) is 42.3 Å². The number of benzene rings is 3. The van der Waals surface area contributed by atoms with E-state index in [2.05, 4.69) is 20.2 Å². The van der Waals surface area contributed by atoms with Crippen LogP contribution in [-0.4, -0.2) is 33.7 Å². The summed E-state index contributed by atoms with van der Waals surface area (Å²) in [7, 11) is -4.34. The number of fused-ring (bicyclic) bond motifs is 1. The van der Waals surface area contributed by atoms with Crippen LogP contribution in [0.2, 0.25) is 0 Å². The summed E-state index contributed by atoms with van der Waals surface area (Å²) in [6, 6.07) is 6.13. The maximum absolute atomic E-state index is 15.6. The molecule has 0 fully saturated rings. The number of rotatable bonds is 6. The number of sulfone groups is 1. The molecule has 0 spiro atoms. The van der Waals surface area contributed by atoms with Crippen LogP contribution in [0, 0.1) is 30.2 Å². The van der Waals surface area contributed by atoms with Crippen molar-refractivity contribution in [1.29, 1.82) is 0 Å². The first-order chi connectivity index (χ1) is 17.6. The minimum Gasteiger partial charge on any atom is -0.392 e. The van der Waals surface area contributed by atoms with Gasteiger partial charge >= 0.3 is 0 Å². The lowest BCUT2D eigenvalue weighted by Crippen LogP contribution is -2.11. The lowest BCUT2D eigenvalue weighted by Gasteiger charge is -2.14. The summed E-state index contributed by atoms with van der Waals surface area (Å²) in [5.41, 5.74) is -1.31. The Labute approximate surface area is 207 Å². The predicted octanol–water partition coefficient (Wildman–Crippen LogP) is 4.95. The maximum Gasteiger partial charge on any atom is 0.183 e. The molecule has 190 valence electrons. The Kier molecular flexibility index (Phi) is 6.08. The SMILES string of the molecule is Cc1c(CO)cc(F)cc1S(=O)(=O)Cc1ccc(F)c(-c2ccc3c(-c4ncc[nH]4)[nH]nc3c2F)c1F. The summed E-state index contributed by atoms with van der Waals surface area (Å²) in [6.07, 6.45) is 3.06. The van der Waals surface area contributed by atoms with Crippen LogP contribution in [0.1, 0.15) is 16.7 Å². The van der Waals surface area contributed by atoms with Crippen molar-refractivity contribution < 1.29 is 31.1 Å². The van der Waals surface area contributed by atoms with Gasteiger partial charge in [-0.2, -0.15) is 5.10 Å². The number of H-pyrrole nitrogens is 2. The van der Waals surface area contributed by atoms with Crippen LogP contribution in [0.4, 0.5) is 17.6 Å². The second kappa shape index (κ2) is 9.12. The molecule has 0 radical (unpaired) electrons. The summed E-state index contributed by atoms with van der Waals surface area (Å²) in [4.78, 5) is 6.50. The van der Waals surface area contributed by atoms with Gasteiger partial charge in [0.05, 0.1) is 22.8 Å². The molecule has 2 aromatic heterocycles. The molecule has 0 bridgehead atoms. The fourth-order valence-electron chi connectivity index (χ4n) is 4.26. The average molecular weight is 531 g/mol. The first-order valence-corrected chi connectivity index (χ1v) is 12.5. The van der Waals surface area contributed by atoms with E-state index in [-0.39, 0.29) is 16.6 Å². The van der Waals surface area contributed by atoms with Crippen molar-refractivity contribution in [3.8, 4) is 22.6 Å². The topological polar surface area (TPSA) is 112 Å². The average Bonchev–Trinajstić information content (AvgIpc) is 3.53. The fraction of sp³-hybridized carbons (Fsp3) is 0.120. The van der Waals surface area contributed by atoms with E-state index in [4.69, 9.17) is 0 Å². The van der Waals surface area contributed by atoms with Gasteiger partial charge in [-0.1, -0.05) is 12.1 Å². The monoisotopic (exact) mass is 530 g/mol. The van der Waals surface area contributed by atoms with E-state index in [1.165, 1.54) is 25.3 Å². The number of nitrogens with one attached hydrogen (secondary N) is 2. The van der Waals surface area contributed by atoms with Crippen molar-refractivity contribution in [2.24, 2.45) is 0 Å². The molecule has 0 atom stereocenters. The number of aliphatic hydroxyl groups is 1. The van der Waals surface area contributed by atoms with Crippen LogP contribution in [-0.2, 0) is 22.2 Å². The molecule has 0 saturated heterocycles. The minimum atomic E-state index is -4.34. The van der Waals surface area contributed by atoms with E-state index in [1.54, 1.807) is 6.20 Å². The lowest BCUT2D eigenvalue weighted by atomic mass is 9.99. The van der Waals surface area contributed by atoms with Gasteiger partial charge in [0.15, 0.2) is 21.5 Å². The molecular formula is C25H18F4N4O3S. The zero-order valence-corrected chi connectivity index (χ0v) is 19.9. The summed E-state index contributed by atoms with van der Waals surface area (Å²) < 4.78 is 86.0. The van der Waals surface area contributed by atoms with Crippen LogP contribution in [0.15, 0.2) is 53.7 Å². The van der Waals surface area contributed by atoms with Crippen LogP contribution >= 0.6 is 0 Å². The quantitative estimate of drug-likeness (QED) is 0.269. The van der Waals surface area contributed by atoms with Crippen LogP contribution < -0.4 is 0 Å². The molecule has 3 N–H and O–H groups in total. The molecule has 0 aliphatic carbocycles. The van der Waals surface area contributed by atoms with Crippen molar-refractivity contribution >= 4 is 20.7 Å². The third-order valence-electron chi connectivity index (χ3n) is 6.12. The standard InChI is InChI=1S/C25H18F4N4O3S/c1-12-14(10-34)8-15(26)9-19(12)37(35,36)11-13-2-5-18(27)20(21(13)28)16-3-4-17-23(22(16)29)32-33-24(17)25-30-6-7-31-25/h2-9,34H,10-11H2,1H3,(H,30,31)(H,32,33). The number of hydrogen-bond donors (Lipinski definition) is 3. The van der Waals surface area contributed by atoms with E-state index in [0.29, 0.717) is 16.9 Å². The number of hydrogen-bond acceptors (Lipinski definition) is 5. The van der Waals surface area contributed by atoms with E-state index in [1.807, 2.05) is 0 Å². The number of aliphatic hydroxyl groups excluding tert-OH is 1. The van der Waals surface area contributed by atoms with Crippen molar-refractivity contribution in [2.45, 2.75) is 24.2 Å². The normalized spacial score (nSPS) is 11.9. The molecule has 37 heavy (non-hydrogen) atoms. The van der Waals surface area contributed by atoms with Crippen LogP contribution in [0.3, 0.4) is 0 Å². The summed E-state index contributed by atoms with van der Waals surface area (Å²) in [6.45, 7) is 0.785. The van der Waals surface area contributed by atoms with E-state index in [0.717, 1.165) is 24.3 Å². The lowest BCUT2D eigenvalue weighted by molar-refractivity contribution is 0.280. The second-order valence-electron chi connectivity index (χ2n) is 8.36. The third-order valence-corrected chi connectivity index (χ3v) is 7.91. The Balaban J connectivity index is 1.60. The summed E-state index contributed by atoms with van der Waals surface area (Å²) in [5.74, 6) is -4.86. The van der Waals surface area contributed by atoms with Crippen molar-refractivity contribution in [3.05, 3.63) is 88.8 Å². The summed E-state index contributed by atoms with van der Waals surface area (Å²) in [5, 5.41) is 16.3. The first kappa shape index (κ1) is 24.7. The molecule has 12 heteroatoms. The second-order valence-corrected chi connectivity index (χ2v) is 10.3. The molecule has 3 aromatic carbocycles. The number of nitrogens with zero attached hydrogens (tertiary/aromatic N) is 2. The predicted molar refractivity (Wildman–Crippen MR) is 127 cm³/mol. The van der Waals surface area contributed by atoms with Gasteiger partial charge in [0.2, 0.25) is 0 Å². The summed E-state index contributed by atoms with van der Waals surface area (Å²) >= 11 is 0. The molecule has 5 aromatic rings. The number of imidazole rings is 1. The largest absolute Gasteiger partial charge is 0.392 e. The molecule has 0 unspecified atom stereocenters. The third kappa shape index (κ3) is 4.17. The highest BCUT2D eigenvalue weighted by Crippen LogP contribution is 2.36. The minimum absolute atomic E-state index is 0.0575. The number of aromatic nitrogens is 4. The van der Waals surface area contributed by atoms with Gasteiger partial charge < -0.3 is 10.1 Å². The van der Waals surface area contributed by atoms with Crippen molar-refractivity contribution in [2.75, 3.05) is 0 Å². The Morgan fingerprint density at radius 2 is 1.78 bits per heavy atom. The van der Waals surface area contributed by atoms with Gasteiger partial charge in [0.1, 0.15) is 28.7 Å². The molecular weight excluding hydrogens is 512 g/mol. The van der Waals surface area contributed by atoms with Gasteiger partial charge in [-0.15, -0.1) is 0 Å². The van der Waals surface area contributed by atoms with Gasteiger partial charge in [0.25, 0.3) is 0 Å². The van der Waals surface area contributed by atoms with Crippen molar-refractivity contribution in [3.63, 3.8) is 0 Å². The molecule has 0 saturated carbocycles. The highest BCUT2D eigenvalue weighted by Gasteiger charge is 2.27. The van der Waals surface area contributed by atoms with Crippen molar-refractivity contribution in [1.82, 2.24) is 20.2 Å². The Bertz CT molecular complexity index is 1770. The van der Waals surface area contributed by atoms with Gasteiger partial charge in [0, 0.05) is 28.9 Å². The smallest absolute Gasteiger partial charge is 0.183 e. The number of halogens is 4. The number of aromatic amines is 2. The highest BCUT2D eigenvalue weighted by atomic mass is 32.2. The van der Waals surface area contributed by atoms with E-state index in [9.17, 15) is 22.3 Å². The zero-order chi connectivity index (χ0) is 26.5. The fourth-order valence-corrected chi connectivity index (χ4v) is 5.93. The van der Waals surface area contributed by atoms with Gasteiger partial charge in [-0.25, -0.2) is 31.0 Å². The molecule has 7 nitrogen and oxygen atoms in total. The maximum atomic E-state index is 15.6.